The largest absolute Gasteiger partial charge is 0.377 e. The summed E-state index contributed by atoms with van der Waals surface area (Å²) in [6.45, 7) is 4.50. The van der Waals surface area contributed by atoms with Gasteiger partial charge in [-0.3, -0.25) is 0 Å². The molecule has 0 saturated heterocycles. The molecule has 0 aromatic heterocycles. The van der Waals surface area contributed by atoms with Gasteiger partial charge < -0.3 is 10.5 Å². The number of hydrogen-bond acceptors (Lipinski definition) is 2. The topological polar surface area (TPSA) is 35.2 Å². The lowest BCUT2D eigenvalue weighted by Gasteiger charge is -2.45. The highest BCUT2D eigenvalue weighted by Gasteiger charge is 2.42. The Kier molecular flexibility index (Phi) is 4.39. The minimum atomic E-state index is 0.0303. The maximum Gasteiger partial charge on any atom is 0.0829 e. The Morgan fingerprint density at radius 3 is 2.14 bits per heavy atom. The molecule has 14 heavy (non-hydrogen) atoms. The van der Waals surface area contributed by atoms with Gasteiger partial charge in [-0.05, 0) is 31.6 Å². The molecule has 2 nitrogen and oxygen atoms in total. The van der Waals surface area contributed by atoms with Gasteiger partial charge in [-0.15, -0.1) is 0 Å². The Balaban J connectivity index is 2.43. The van der Waals surface area contributed by atoms with Crippen molar-refractivity contribution in [3.05, 3.63) is 0 Å². The van der Waals surface area contributed by atoms with Crippen LogP contribution in [0.15, 0.2) is 0 Å². The molecule has 0 aromatic rings. The van der Waals surface area contributed by atoms with Gasteiger partial charge in [0.1, 0.15) is 0 Å². The fraction of sp³-hybridized carbons (Fsp3) is 1.00. The number of nitrogens with two attached hydrogens (primary N) is 1. The van der Waals surface area contributed by atoms with Gasteiger partial charge in [-0.2, -0.15) is 0 Å². The zero-order valence-corrected chi connectivity index (χ0v) is 9.88. The number of methoxy groups -OCH3 is 1. The summed E-state index contributed by atoms with van der Waals surface area (Å²) in [4.78, 5) is 0. The minimum Gasteiger partial charge on any atom is -0.377 e. The molecule has 2 N–H and O–H groups in total. The van der Waals surface area contributed by atoms with Crippen molar-refractivity contribution in [3.63, 3.8) is 0 Å². The van der Waals surface area contributed by atoms with E-state index < -0.39 is 0 Å². The van der Waals surface area contributed by atoms with Crippen LogP contribution in [0.4, 0.5) is 0 Å². The van der Waals surface area contributed by atoms with Crippen molar-refractivity contribution in [1.82, 2.24) is 0 Å². The van der Waals surface area contributed by atoms with Crippen LogP contribution >= 0.6 is 0 Å². The predicted octanol–water partition coefficient (Wildman–Crippen LogP) is 2.71. The van der Waals surface area contributed by atoms with Crippen molar-refractivity contribution < 1.29 is 4.74 Å². The molecular formula is C12H25NO. The Morgan fingerprint density at radius 1 is 1.29 bits per heavy atom. The summed E-state index contributed by atoms with van der Waals surface area (Å²) in [5, 5.41) is 0. The van der Waals surface area contributed by atoms with Gasteiger partial charge in [0.2, 0.25) is 0 Å². The first-order valence-corrected chi connectivity index (χ1v) is 5.99. The fourth-order valence-corrected chi connectivity index (χ4v) is 2.45. The third-order valence-electron chi connectivity index (χ3n) is 4.02. The second-order valence-electron chi connectivity index (χ2n) is 4.65. The predicted molar refractivity (Wildman–Crippen MR) is 60.3 cm³/mol. The van der Waals surface area contributed by atoms with E-state index in [0.717, 1.165) is 25.2 Å². The first kappa shape index (κ1) is 12.0. The molecule has 0 spiro atoms. The van der Waals surface area contributed by atoms with E-state index in [0.29, 0.717) is 0 Å². The van der Waals surface area contributed by atoms with Gasteiger partial charge in [0.15, 0.2) is 0 Å². The van der Waals surface area contributed by atoms with Crippen LogP contribution in [0.2, 0.25) is 0 Å². The molecule has 0 radical (unpaired) electrons. The second kappa shape index (κ2) is 5.13. The molecule has 1 aliphatic rings. The van der Waals surface area contributed by atoms with Crippen LogP contribution in [0, 0.1) is 5.92 Å². The normalized spacial score (nSPS) is 22.1. The van der Waals surface area contributed by atoms with Crippen molar-refractivity contribution >= 4 is 0 Å². The van der Waals surface area contributed by atoms with Crippen LogP contribution in [-0.4, -0.2) is 18.8 Å². The third-order valence-corrected chi connectivity index (χ3v) is 4.02. The molecule has 1 atom stereocenters. The number of rotatable bonds is 6. The molecule has 1 fully saturated rings. The van der Waals surface area contributed by atoms with Crippen molar-refractivity contribution in [2.45, 2.75) is 64.0 Å². The minimum absolute atomic E-state index is 0.0303. The summed E-state index contributed by atoms with van der Waals surface area (Å²) in [6.07, 6.45) is 7.20. The Morgan fingerprint density at radius 2 is 1.86 bits per heavy atom. The third kappa shape index (κ3) is 2.29. The smallest absolute Gasteiger partial charge is 0.0829 e. The molecule has 1 rings (SSSR count). The highest BCUT2D eigenvalue weighted by molar-refractivity contribution is 4.98. The average Bonchev–Trinajstić information content (AvgIpc) is 2.13. The van der Waals surface area contributed by atoms with E-state index in [2.05, 4.69) is 13.8 Å². The van der Waals surface area contributed by atoms with E-state index in [1.807, 2.05) is 7.11 Å². The van der Waals surface area contributed by atoms with Crippen LogP contribution in [-0.2, 0) is 4.74 Å². The molecule has 0 amide bonds. The molecule has 2 heteroatoms. The summed E-state index contributed by atoms with van der Waals surface area (Å²) in [7, 11) is 1.81. The van der Waals surface area contributed by atoms with E-state index in [1.165, 1.54) is 19.3 Å². The van der Waals surface area contributed by atoms with Gasteiger partial charge in [0, 0.05) is 13.2 Å². The van der Waals surface area contributed by atoms with Crippen LogP contribution < -0.4 is 5.73 Å². The molecule has 1 aliphatic carbocycles. The molecule has 84 valence electrons. The lowest BCUT2D eigenvalue weighted by atomic mass is 9.72. The van der Waals surface area contributed by atoms with Crippen molar-refractivity contribution in [2.24, 2.45) is 11.7 Å². The summed E-state index contributed by atoms with van der Waals surface area (Å²) in [5.74, 6) is 0.776. The van der Waals surface area contributed by atoms with Crippen LogP contribution in [0.5, 0.6) is 0 Å². The molecule has 0 aromatic carbocycles. The average molecular weight is 199 g/mol. The first-order valence-electron chi connectivity index (χ1n) is 5.99. The lowest BCUT2D eigenvalue weighted by molar-refractivity contribution is -0.0942. The zero-order chi connectivity index (χ0) is 10.6. The Labute approximate surface area is 88.2 Å². The highest BCUT2D eigenvalue weighted by Crippen LogP contribution is 2.39. The maximum atomic E-state index is 6.25. The van der Waals surface area contributed by atoms with Crippen molar-refractivity contribution in [3.8, 4) is 0 Å². The van der Waals surface area contributed by atoms with Gasteiger partial charge in [-0.25, -0.2) is 0 Å². The van der Waals surface area contributed by atoms with Crippen molar-refractivity contribution in [2.75, 3.05) is 7.11 Å². The van der Waals surface area contributed by atoms with E-state index in [9.17, 15) is 0 Å². The van der Waals surface area contributed by atoms with Crippen LogP contribution in [0.1, 0.15) is 52.4 Å². The second-order valence-corrected chi connectivity index (χ2v) is 4.65. The fourth-order valence-electron chi connectivity index (χ4n) is 2.45. The standard InChI is InChI=1S/C12H25NO/c1-4-10(5-2)9-11(13)12(14-3)7-6-8-12/h10-11H,4-9,13H2,1-3H3. The summed E-state index contributed by atoms with van der Waals surface area (Å²) >= 11 is 0. The van der Waals surface area contributed by atoms with Gasteiger partial charge >= 0.3 is 0 Å². The van der Waals surface area contributed by atoms with E-state index >= 15 is 0 Å². The molecule has 1 saturated carbocycles. The van der Waals surface area contributed by atoms with Gasteiger partial charge in [-0.1, -0.05) is 26.7 Å². The van der Waals surface area contributed by atoms with E-state index in [1.54, 1.807) is 0 Å². The van der Waals surface area contributed by atoms with E-state index in [-0.39, 0.29) is 11.6 Å². The van der Waals surface area contributed by atoms with Crippen LogP contribution in [0.25, 0.3) is 0 Å². The Hall–Kier alpha value is -0.0800. The quantitative estimate of drug-likeness (QED) is 0.714. The summed E-state index contributed by atoms with van der Waals surface area (Å²) in [5.41, 5.74) is 6.28. The molecule has 0 aliphatic heterocycles. The first-order chi connectivity index (χ1) is 6.68. The van der Waals surface area contributed by atoms with E-state index in [4.69, 9.17) is 10.5 Å². The molecule has 0 bridgehead atoms. The number of ether oxygens (including phenoxy) is 1. The van der Waals surface area contributed by atoms with Gasteiger partial charge in [0.25, 0.3) is 0 Å². The number of hydrogen-bond donors (Lipinski definition) is 1. The zero-order valence-electron chi connectivity index (χ0n) is 9.88. The van der Waals surface area contributed by atoms with Crippen LogP contribution in [0.3, 0.4) is 0 Å². The highest BCUT2D eigenvalue weighted by atomic mass is 16.5. The molecular weight excluding hydrogens is 174 g/mol. The summed E-state index contributed by atoms with van der Waals surface area (Å²) in [6, 6.07) is 0.242. The molecule has 1 unspecified atom stereocenters. The summed E-state index contributed by atoms with van der Waals surface area (Å²) < 4.78 is 5.60. The van der Waals surface area contributed by atoms with Gasteiger partial charge in [0.05, 0.1) is 5.60 Å². The Bertz CT molecular complexity index is 156. The SMILES string of the molecule is CCC(CC)CC(N)C1(OC)CCC1. The lowest BCUT2D eigenvalue weighted by Crippen LogP contribution is -2.55. The molecule has 0 heterocycles. The monoisotopic (exact) mass is 199 g/mol. The van der Waals surface area contributed by atoms with Crippen molar-refractivity contribution in [1.29, 1.82) is 0 Å². The maximum absolute atomic E-state index is 6.25.